The summed E-state index contributed by atoms with van der Waals surface area (Å²) in [5.41, 5.74) is 3.04. The van der Waals surface area contributed by atoms with E-state index in [2.05, 4.69) is 4.72 Å². The van der Waals surface area contributed by atoms with Crippen LogP contribution in [0, 0.1) is 13.8 Å². The van der Waals surface area contributed by atoms with Crippen LogP contribution in [0.2, 0.25) is 0 Å². The maximum absolute atomic E-state index is 12.2. The Labute approximate surface area is 171 Å². The fourth-order valence-corrected chi connectivity index (χ4v) is 3.58. The van der Waals surface area contributed by atoms with Gasteiger partial charge in [0.25, 0.3) is 5.91 Å². The summed E-state index contributed by atoms with van der Waals surface area (Å²) in [6.45, 7) is 3.75. The number of benzene rings is 2. The molecule has 1 N–H and O–H groups in total. The number of nitrogens with one attached hydrogen (secondary N) is 1. The first-order valence-corrected chi connectivity index (χ1v) is 10.7. The van der Waals surface area contributed by atoms with Crippen molar-refractivity contribution >= 4 is 21.9 Å². The van der Waals surface area contributed by atoms with Crippen LogP contribution < -0.4 is 4.72 Å². The van der Waals surface area contributed by atoms with E-state index in [9.17, 15) is 18.0 Å². The molecular formula is C21H26N2O5S. The highest BCUT2D eigenvalue weighted by molar-refractivity contribution is 7.89. The summed E-state index contributed by atoms with van der Waals surface area (Å²) in [7, 11) is -2.05. The standard InChI is InChI=1S/C21H26N2O5S/c1-16-8-10-19(11-9-16)29(26,27)22-13-12-21(25)28-15-20(24)23(3)14-18-7-5-4-6-17(18)2/h4-11,22H,12-15H2,1-3H3. The maximum atomic E-state index is 12.2. The molecule has 0 heterocycles. The van der Waals surface area contributed by atoms with Crippen LogP contribution in [0.4, 0.5) is 0 Å². The minimum Gasteiger partial charge on any atom is -0.456 e. The van der Waals surface area contributed by atoms with Crippen LogP contribution in [0.15, 0.2) is 53.4 Å². The van der Waals surface area contributed by atoms with Gasteiger partial charge in [-0.15, -0.1) is 0 Å². The first-order valence-electron chi connectivity index (χ1n) is 9.19. The fourth-order valence-electron chi connectivity index (χ4n) is 2.54. The van der Waals surface area contributed by atoms with E-state index >= 15 is 0 Å². The van der Waals surface area contributed by atoms with E-state index in [4.69, 9.17) is 4.74 Å². The zero-order valence-corrected chi connectivity index (χ0v) is 17.7. The largest absolute Gasteiger partial charge is 0.456 e. The van der Waals surface area contributed by atoms with Gasteiger partial charge in [0.05, 0.1) is 11.3 Å². The Kier molecular flexibility index (Phi) is 7.92. The van der Waals surface area contributed by atoms with Crippen LogP contribution in [0.3, 0.4) is 0 Å². The SMILES string of the molecule is Cc1ccc(S(=O)(=O)NCCC(=O)OCC(=O)N(C)Cc2ccccc2C)cc1. The van der Waals surface area contributed by atoms with Gasteiger partial charge in [-0.1, -0.05) is 42.0 Å². The number of aryl methyl sites for hydroxylation is 2. The first kappa shape index (κ1) is 22.6. The van der Waals surface area contributed by atoms with Crippen molar-refractivity contribution < 1.29 is 22.7 Å². The predicted octanol–water partition coefficient (Wildman–Crippen LogP) is 2.17. The molecule has 0 saturated carbocycles. The third kappa shape index (κ3) is 6.99. The summed E-state index contributed by atoms with van der Waals surface area (Å²) in [6, 6.07) is 14.1. The van der Waals surface area contributed by atoms with Crippen molar-refractivity contribution in [1.29, 1.82) is 0 Å². The van der Waals surface area contributed by atoms with Gasteiger partial charge in [0.15, 0.2) is 6.61 Å². The smallest absolute Gasteiger partial charge is 0.307 e. The molecule has 0 aliphatic heterocycles. The molecule has 0 aromatic heterocycles. The number of carbonyl (C=O) groups is 2. The molecule has 7 nitrogen and oxygen atoms in total. The summed E-state index contributed by atoms with van der Waals surface area (Å²) < 4.78 is 31.6. The van der Waals surface area contributed by atoms with Crippen molar-refractivity contribution in [2.75, 3.05) is 20.2 Å². The third-order valence-electron chi connectivity index (χ3n) is 4.40. The van der Waals surface area contributed by atoms with Crippen LogP contribution in [0.1, 0.15) is 23.1 Å². The first-order chi connectivity index (χ1) is 13.7. The molecule has 0 spiro atoms. The molecular weight excluding hydrogens is 392 g/mol. The Bertz CT molecular complexity index is 955. The number of carbonyl (C=O) groups excluding carboxylic acids is 2. The minimum atomic E-state index is -3.69. The molecule has 2 aromatic rings. The van der Waals surface area contributed by atoms with Gasteiger partial charge >= 0.3 is 5.97 Å². The molecule has 0 unspecified atom stereocenters. The normalized spacial score (nSPS) is 11.1. The Morgan fingerprint density at radius 3 is 2.34 bits per heavy atom. The molecule has 2 rings (SSSR count). The van der Waals surface area contributed by atoms with E-state index < -0.39 is 16.0 Å². The Morgan fingerprint density at radius 2 is 1.69 bits per heavy atom. The summed E-state index contributed by atoms with van der Waals surface area (Å²) in [4.78, 5) is 25.6. The van der Waals surface area contributed by atoms with Gasteiger partial charge in [-0.05, 0) is 37.1 Å². The Balaban J connectivity index is 1.74. The summed E-state index contributed by atoms with van der Waals surface area (Å²) in [5, 5.41) is 0. The van der Waals surface area contributed by atoms with Crippen LogP contribution in [-0.4, -0.2) is 45.4 Å². The molecule has 0 saturated heterocycles. The monoisotopic (exact) mass is 418 g/mol. The van der Waals surface area contributed by atoms with Crippen LogP contribution in [0.25, 0.3) is 0 Å². The Morgan fingerprint density at radius 1 is 1.03 bits per heavy atom. The van der Waals surface area contributed by atoms with E-state index in [1.165, 1.54) is 17.0 Å². The summed E-state index contributed by atoms with van der Waals surface area (Å²) >= 11 is 0. The average Bonchev–Trinajstić information content (AvgIpc) is 2.68. The zero-order valence-electron chi connectivity index (χ0n) is 16.8. The second-order valence-corrected chi connectivity index (χ2v) is 8.56. The molecule has 0 aliphatic rings. The fraction of sp³-hybridized carbons (Fsp3) is 0.333. The number of hydrogen-bond donors (Lipinski definition) is 1. The van der Waals surface area contributed by atoms with Crippen LogP contribution in [0.5, 0.6) is 0 Å². The van der Waals surface area contributed by atoms with Gasteiger partial charge in [-0.2, -0.15) is 0 Å². The number of sulfonamides is 1. The number of ether oxygens (including phenoxy) is 1. The lowest BCUT2D eigenvalue weighted by molar-refractivity contribution is -0.151. The van der Waals surface area contributed by atoms with Gasteiger partial charge < -0.3 is 9.64 Å². The molecule has 0 fully saturated rings. The number of likely N-dealkylation sites (N-methyl/N-ethyl adjacent to an activating group) is 1. The highest BCUT2D eigenvalue weighted by Crippen LogP contribution is 2.10. The zero-order chi connectivity index (χ0) is 21.4. The number of nitrogens with zero attached hydrogens (tertiary/aromatic N) is 1. The van der Waals surface area contributed by atoms with Crippen molar-refractivity contribution in [3.63, 3.8) is 0 Å². The van der Waals surface area contributed by atoms with E-state index in [1.54, 1.807) is 19.2 Å². The molecule has 8 heteroatoms. The Hall–Kier alpha value is -2.71. The lowest BCUT2D eigenvalue weighted by Crippen LogP contribution is -2.32. The van der Waals surface area contributed by atoms with E-state index in [-0.39, 0.29) is 30.4 Å². The van der Waals surface area contributed by atoms with Crippen molar-refractivity contribution in [3.8, 4) is 0 Å². The van der Waals surface area contributed by atoms with Gasteiger partial charge in [0.2, 0.25) is 10.0 Å². The highest BCUT2D eigenvalue weighted by Gasteiger charge is 2.16. The van der Waals surface area contributed by atoms with E-state index in [1.807, 2.05) is 38.1 Å². The second-order valence-electron chi connectivity index (χ2n) is 6.80. The van der Waals surface area contributed by atoms with Crippen molar-refractivity contribution in [2.24, 2.45) is 0 Å². The molecule has 2 aromatic carbocycles. The van der Waals surface area contributed by atoms with E-state index in [0.29, 0.717) is 6.54 Å². The number of amides is 1. The van der Waals surface area contributed by atoms with Gasteiger partial charge in [0.1, 0.15) is 0 Å². The molecule has 0 atom stereocenters. The molecule has 0 radical (unpaired) electrons. The second kappa shape index (κ2) is 10.2. The number of esters is 1. The highest BCUT2D eigenvalue weighted by atomic mass is 32.2. The van der Waals surface area contributed by atoms with Gasteiger partial charge in [0, 0.05) is 20.1 Å². The summed E-state index contributed by atoms with van der Waals surface area (Å²) in [5.74, 6) is -0.976. The lowest BCUT2D eigenvalue weighted by Gasteiger charge is -2.18. The van der Waals surface area contributed by atoms with Crippen molar-refractivity contribution in [3.05, 3.63) is 65.2 Å². The molecule has 1 amide bonds. The lowest BCUT2D eigenvalue weighted by atomic mass is 10.1. The average molecular weight is 419 g/mol. The van der Waals surface area contributed by atoms with Crippen molar-refractivity contribution in [1.82, 2.24) is 9.62 Å². The quantitative estimate of drug-likeness (QED) is 0.630. The van der Waals surface area contributed by atoms with Crippen molar-refractivity contribution in [2.45, 2.75) is 31.7 Å². The van der Waals surface area contributed by atoms with Crippen LogP contribution in [-0.2, 0) is 30.9 Å². The van der Waals surface area contributed by atoms with Crippen LogP contribution >= 0.6 is 0 Å². The topological polar surface area (TPSA) is 92.8 Å². The molecule has 0 aliphatic carbocycles. The molecule has 29 heavy (non-hydrogen) atoms. The van der Waals surface area contributed by atoms with E-state index in [0.717, 1.165) is 16.7 Å². The predicted molar refractivity (Wildman–Crippen MR) is 110 cm³/mol. The van der Waals surface area contributed by atoms with Gasteiger partial charge in [-0.25, -0.2) is 13.1 Å². The minimum absolute atomic E-state index is 0.109. The number of hydrogen-bond acceptors (Lipinski definition) is 5. The third-order valence-corrected chi connectivity index (χ3v) is 5.88. The number of rotatable bonds is 9. The summed E-state index contributed by atoms with van der Waals surface area (Å²) in [6.07, 6.45) is -0.167. The van der Waals surface area contributed by atoms with Gasteiger partial charge in [-0.3, -0.25) is 9.59 Å². The maximum Gasteiger partial charge on any atom is 0.307 e. The molecule has 156 valence electrons. The molecule has 0 bridgehead atoms.